The van der Waals surface area contributed by atoms with Crippen LogP contribution in [0.4, 0.5) is 0 Å². The second-order valence-electron chi connectivity index (χ2n) is 5.93. The van der Waals surface area contributed by atoms with Gasteiger partial charge in [0.05, 0.1) is 5.52 Å². The maximum absolute atomic E-state index is 4.40. The minimum absolute atomic E-state index is 0.218. The van der Waals surface area contributed by atoms with E-state index in [0.717, 1.165) is 28.2 Å². The Labute approximate surface area is 125 Å². The van der Waals surface area contributed by atoms with Crippen molar-refractivity contribution in [3.8, 4) is 0 Å². The fourth-order valence-corrected chi connectivity index (χ4v) is 2.95. The molecule has 0 aliphatic heterocycles. The molecule has 0 saturated heterocycles. The van der Waals surface area contributed by atoms with Gasteiger partial charge in [0, 0.05) is 10.9 Å². The van der Waals surface area contributed by atoms with Gasteiger partial charge in [-0.05, 0) is 52.0 Å². The molecule has 2 rings (SSSR count). The highest BCUT2D eigenvalue weighted by Gasteiger charge is 2.07. The van der Waals surface area contributed by atoms with Gasteiger partial charge in [-0.3, -0.25) is 0 Å². The van der Waals surface area contributed by atoms with Gasteiger partial charge in [0.2, 0.25) is 0 Å². The van der Waals surface area contributed by atoms with Crippen molar-refractivity contribution in [2.45, 2.75) is 44.2 Å². The summed E-state index contributed by atoms with van der Waals surface area (Å²) >= 11 is 1.83. The Bertz CT molecular complexity index is 543. The monoisotopic (exact) mass is 289 g/mol. The number of nitrogens with one attached hydrogen (secondary N) is 1. The van der Waals surface area contributed by atoms with Crippen LogP contribution >= 0.6 is 11.8 Å². The lowest BCUT2D eigenvalue weighted by molar-refractivity contribution is 0.421. The minimum atomic E-state index is 0.218. The Morgan fingerprint density at radius 2 is 1.90 bits per heavy atom. The van der Waals surface area contributed by atoms with Gasteiger partial charge in [0.25, 0.3) is 0 Å². The van der Waals surface area contributed by atoms with E-state index in [0.29, 0.717) is 0 Å². The summed E-state index contributed by atoms with van der Waals surface area (Å²) in [7, 11) is 0. The van der Waals surface area contributed by atoms with E-state index in [4.69, 9.17) is 0 Å². The SMILES string of the molecule is CC(C)(C)NCCCCSc1ncnc2ccccc12. The van der Waals surface area contributed by atoms with Gasteiger partial charge >= 0.3 is 0 Å². The summed E-state index contributed by atoms with van der Waals surface area (Å²) in [5.74, 6) is 1.10. The van der Waals surface area contributed by atoms with Crippen molar-refractivity contribution in [3.63, 3.8) is 0 Å². The zero-order valence-electron chi connectivity index (χ0n) is 12.5. The molecule has 2 aromatic rings. The lowest BCUT2D eigenvalue weighted by Gasteiger charge is -2.20. The van der Waals surface area contributed by atoms with Crippen LogP contribution in [0.1, 0.15) is 33.6 Å². The molecule has 1 aromatic heterocycles. The highest BCUT2D eigenvalue weighted by molar-refractivity contribution is 7.99. The van der Waals surface area contributed by atoms with E-state index in [1.807, 2.05) is 30.0 Å². The summed E-state index contributed by atoms with van der Waals surface area (Å²) in [5.41, 5.74) is 1.25. The molecule has 0 spiro atoms. The number of benzene rings is 1. The summed E-state index contributed by atoms with van der Waals surface area (Å²) in [5, 5.41) is 5.77. The first-order chi connectivity index (χ1) is 9.56. The molecule has 0 aliphatic rings. The predicted octanol–water partition coefficient (Wildman–Crippen LogP) is 3.89. The summed E-state index contributed by atoms with van der Waals surface area (Å²) in [6, 6.07) is 8.19. The Balaban J connectivity index is 1.79. The predicted molar refractivity (Wildman–Crippen MR) is 87.3 cm³/mol. The standard InChI is InChI=1S/C16H23N3S/c1-16(2,3)19-10-6-7-11-20-15-13-8-4-5-9-14(13)17-12-18-15/h4-5,8-9,12,19H,6-7,10-11H2,1-3H3. The van der Waals surface area contributed by atoms with Crippen LogP contribution in [0.3, 0.4) is 0 Å². The quantitative estimate of drug-likeness (QED) is 0.497. The van der Waals surface area contributed by atoms with Crippen LogP contribution in [0.15, 0.2) is 35.6 Å². The van der Waals surface area contributed by atoms with Crippen molar-refractivity contribution in [3.05, 3.63) is 30.6 Å². The molecular formula is C16H23N3S. The molecular weight excluding hydrogens is 266 g/mol. The van der Waals surface area contributed by atoms with E-state index in [-0.39, 0.29) is 5.54 Å². The van der Waals surface area contributed by atoms with E-state index in [1.165, 1.54) is 12.8 Å². The van der Waals surface area contributed by atoms with Crippen molar-refractivity contribution in [2.75, 3.05) is 12.3 Å². The van der Waals surface area contributed by atoms with Crippen LogP contribution in [0, 0.1) is 0 Å². The first-order valence-corrected chi connectivity index (χ1v) is 8.12. The molecule has 1 N–H and O–H groups in total. The van der Waals surface area contributed by atoms with E-state index in [9.17, 15) is 0 Å². The number of thioether (sulfide) groups is 1. The normalized spacial score (nSPS) is 11.9. The van der Waals surface area contributed by atoms with E-state index < -0.39 is 0 Å². The largest absolute Gasteiger partial charge is 0.312 e. The molecule has 0 aliphatic carbocycles. The maximum Gasteiger partial charge on any atom is 0.117 e. The lowest BCUT2D eigenvalue weighted by Crippen LogP contribution is -2.36. The maximum atomic E-state index is 4.40. The smallest absolute Gasteiger partial charge is 0.117 e. The molecule has 108 valence electrons. The molecule has 0 unspecified atom stereocenters. The Morgan fingerprint density at radius 1 is 1.10 bits per heavy atom. The second-order valence-corrected chi connectivity index (χ2v) is 7.01. The highest BCUT2D eigenvalue weighted by atomic mass is 32.2. The second kappa shape index (κ2) is 7.04. The number of hydrogen-bond donors (Lipinski definition) is 1. The summed E-state index contributed by atoms with van der Waals surface area (Å²) in [4.78, 5) is 8.69. The fraction of sp³-hybridized carbons (Fsp3) is 0.500. The molecule has 0 fully saturated rings. The van der Waals surface area contributed by atoms with Crippen molar-refractivity contribution in [2.24, 2.45) is 0 Å². The van der Waals surface area contributed by atoms with Crippen molar-refractivity contribution >= 4 is 22.7 Å². The molecule has 4 heteroatoms. The summed E-state index contributed by atoms with van der Waals surface area (Å²) in [6.07, 6.45) is 4.06. The number of nitrogens with zero attached hydrogens (tertiary/aromatic N) is 2. The zero-order valence-corrected chi connectivity index (χ0v) is 13.3. The van der Waals surface area contributed by atoms with Crippen LogP contribution in [0.5, 0.6) is 0 Å². The van der Waals surface area contributed by atoms with Crippen molar-refractivity contribution in [1.82, 2.24) is 15.3 Å². The number of para-hydroxylation sites is 1. The Hall–Kier alpha value is -1.13. The molecule has 0 radical (unpaired) electrons. The molecule has 3 nitrogen and oxygen atoms in total. The van der Waals surface area contributed by atoms with Crippen LogP contribution < -0.4 is 5.32 Å². The highest BCUT2D eigenvalue weighted by Crippen LogP contribution is 2.24. The first kappa shape index (κ1) is 15.3. The van der Waals surface area contributed by atoms with Crippen LogP contribution in [0.2, 0.25) is 0 Å². The van der Waals surface area contributed by atoms with Gasteiger partial charge in [-0.25, -0.2) is 9.97 Å². The van der Waals surface area contributed by atoms with Crippen molar-refractivity contribution in [1.29, 1.82) is 0 Å². The van der Waals surface area contributed by atoms with Crippen LogP contribution in [-0.2, 0) is 0 Å². The van der Waals surface area contributed by atoms with Crippen LogP contribution in [-0.4, -0.2) is 27.8 Å². The Morgan fingerprint density at radius 3 is 2.70 bits per heavy atom. The van der Waals surface area contributed by atoms with Gasteiger partial charge < -0.3 is 5.32 Å². The lowest BCUT2D eigenvalue weighted by atomic mass is 10.1. The number of aromatic nitrogens is 2. The third-order valence-electron chi connectivity index (χ3n) is 2.97. The number of fused-ring (bicyclic) bond motifs is 1. The summed E-state index contributed by atoms with van der Waals surface area (Å²) in [6.45, 7) is 7.69. The average molecular weight is 289 g/mol. The van der Waals surface area contributed by atoms with Crippen molar-refractivity contribution < 1.29 is 0 Å². The van der Waals surface area contributed by atoms with Gasteiger partial charge in [0.1, 0.15) is 11.4 Å². The third kappa shape index (κ3) is 4.76. The van der Waals surface area contributed by atoms with E-state index in [1.54, 1.807) is 6.33 Å². The number of rotatable bonds is 6. The van der Waals surface area contributed by atoms with E-state index in [2.05, 4.69) is 42.1 Å². The molecule has 0 saturated carbocycles. The molecule has 0 bridgehead atoms. The van der Waals surface area contributed by atoms with Gasteiger partial charge in [-0.2, -0.15) is 0 Å². The molecule has 1 heterocycles. The van der Waals surface area contributed by atoms with Gasteiger partial charge in [-0.15, -0.1) is 11.8 Å². The first-order valence-electron chi connectivity index (χ1n) is 7.14. The topological polar surface area (TPSA) is 37.8 Å². The van der Waals surface area contributed by atoms with E-state index >= 15 is 0 Å². The van der Waals surface area contributed by atoms with Crippen LogP contribution in [0.25, 0.3) is 10.9 Å². The molecule has 1 aromatic carbocycles. The third-order valence-corrected chi connectivity index (χ3v) is 4.06. The summed E-state index contributed by atoms with van der Waals surface area (Å²) < 4.78 is 0. The van der Waals surface area contributed by atoms with Gasteiger partial charge in [-0.1, -0.05) is 18.2 Å². The zero-order chi connectivity index (χ0) is 14.4. The fourth-order valence-electron chi connectivity index (χ4n) is 1.95. The Kier molecular flexibility index (Phi) is 5.38. The molecule has 0 atom stereocenters. The molecule has 0 amide bonds. The minimum Gasteiger partial charge on any atom is -0.312 e. The number of hydrogen-bond acceptors (Lipinski definition) is 4. The molecule has 20 heavy (non-hydrogen) atoms. The average Bonchev–Trinajstić information content (AvgIpc) is 2.41. The number of unbranched alkanes of at least 4 members (excludes halogenated alkanes) is 1. The van der Waals surface area contributed by atoms with Gasteiger partial charge in [0.15, 0.2) is 0 Å².